The lowest BCUT2D eigenvalue weighted by molar-refractivity contribution is 0.116. The van der Waals surface area contributed by atoms with Gasteiger partial charge < -0.3 is 10.1 Å². The summed E-state index contributed by atoms with van der Waals surface area (Å²) in [6.07, 6.45) is 4.07. The number of rotatable bonds is 8. The smallest absolute Gasteiger partial charge is 0.154 e. The average molecular weight is 251 g/mol. The highest BCUT2D eigenvalue weighted by Gasteiger charge is 2.10. The molecule has 1 heterocycles. The molecule has 0 saturated carbocycles. The summed E-state index contributed by atoms with van der Waals surface area (Å²) >= 11 is 0. The summed E-state index contributed by atoms with van der Waals surface area (Å²) in [5.41, 5.74) is 2.21. The van der Waals surface area contributed by atoms with Crippen molar-refractivity contribution in [3.05, 3.63) is 23.3 Å². The molecular formula is C14H25N3O. The van der Waals surface area contributed by atoms with E-state index >= 15 is 0 Å². The molecule has 0 aliphatic rings. The van der Waals surface area contributed by atoms with Gasteiger partial charge in [-0.25, -0.2) is 9.97 Å². The van der Waals surface area contributed by atoms with E-state index in [1.165, 1.54) is 5.56 Å². The highest BCUT2D eigenvalue weighted by atomic mass is 16.5. The molecular weight excluding hydrogens is 226 g/mol. The average Bonchev–Trinajstić information content (AvgIpc) is 2.36. The van der Waals surface area contributed by atoms with Gasteiger partial charge in [-0.05, 0) is 33.2 Å². The third-order valence-electron chi connectivity index (χ3n) is 2.81. The van der Waals surface area contributed by atoms with Crippen LogP contribution in [0.1, 0.15) is 56.7 Å². The molecule has 18 heavy (non-hydrogen) atoms. The Kier molecular flexibility index (Phi) is 6.83. The van der Waals surface area contributed by atoms with Crippen molar-refractivity contribution in [1.82, 2.24) is 15.3 Å². The van der Waals surface area contributed by atoms with E-state index in [1.807, 2.05) is 13.1 Å². The van der Waals surface area contributed by atoms with E-state index in [0.717, 1.165) is 37.5 Å². The fraction of sp³-hybridized carbons (Fsp3) is 0.714. The van der Waals surface area contributed by atoms with Gasteiger partial charge in [-0.2, -0.15) is 0 Å². The molecule has 4 heteroatoms. The predicted molar refractivity (Wildman–Crippen MR) is 73.4 cm³/mol. The topological polar surface area (TPSA) is 47.0 Å². The summed E-state index contributed by atoms with van der Waals surface area (Å²) in [4.78, 5) is 8.86. The van der Waals surface area contributed by atoms with Crippen LogP contribution < -0.4 is 5.32 Å². The molecule has 0 aliphatic carbocycles. The highest BCUT2D eigenvalue weighted by molar-refractivity contribution is 5.19. The van der Waals surface area contributed by atoms with Gasteiger partial charge in [0.15, 0.2) is 5.82 Å². The predicted octanol–water partition coefficient (Wildman–Crippen LogP) is 2.77. The van der Waals surface area contributed by atoms with E-state index in [9.17, 15) is 0 Å². The van der Waals surface area contributed by atoms with Crippen molar-refractivity contribution in [3.63, 3.8) is 0 Å². The second-order valence-electron chi connectivity index (χ2n) is 4.56. The van der Waals surface area contributed by atoms with Gasteiger partial charge >= 0.3 is 0 Å². The van der Waals surface area contributed by atoms with Crippen LogP contribution in [0.15, 0.2) is 6.20 Å². The Morgan fingerprint density at radius 3 is 2.72 bits per heavy atom. The summed E-state index contributed by atoms with van der Waals surface area (Å²) in [5.74, 6) is 0.771. The van der Waals surface area contributed by atoms with Crippen molar-refractivity contribution < 1.29 is 4.74 Å². The Balaban J connectivity index is 2.61. The number of hydrogen-bond donors (Lipinski definition) is 1. The van der Waals surface area contributed by atoms with Gasteiger partial charge in [0.1, 0.15) is 6.61 Å². The monoisotopic (exact) mass is 251 g/mol. The van der Waals surface area contributed by atoms with Crippen LogP contribution in [-0.2, 0) is 11.3 Å². The van der Waals surface area contributed by atoms with Crippen molar-refractivity contribution in [2.24, 2.45) is 0 Å². The maximum atomic E-state index is 5.45. The second kappa shape index (κ2) is 8.16. The van der Waals surface area contributed by atoms with Crippen LogP contribution in [0.4, 0.5) is 0 Å². The Hall–Kier alpha value is -1.00. The van der Waals surface area contributed by atoms with E-state index in [1.54, 1.807) is 0 Å². The molecule has 102 valence electrons. The zero-order chi connectivity index (χ0) is 13.4. The first-order chi connectivity index (χ1) is 8.69. The molecule has 0 bridgehead atoms. The maximum Gasteiger partial charge on any atom is 0.154 e. The minimum Gasteiger partial charge on any atom is -0.373 e. The molecule has 1 atom stereocenters. The van der Waals surface area contributed by atoms with E-state index in [0.29, 0.717) is 12.6 Å². The maximum absolute atomic E-state index is 5.45. The fourth-order valence-electron chi connectivity index (χ4n) is 1.80. The molecule has 1 N–H and O–H groups in total. The number of hydrogen-bond acceptors (Lipinski definition) is 4. The van der Waals surface area contributed by atoms with Crippen LogP contribution in [0.5, 0.6) is 0 Å². The van der Waals surface area contributed by atoms with E-state index in [2.05, 4.69) is 36.1 Å². The quantitative estimate of drug-likeness (QED) is 0.722. The number of nitrogens with zero attached hydrogens (tertiary/aromatic N) is 2. The van der Waals surface area contributed by atoms with Crippen LogP contribution in [0.3, 0.4) is 0 Å². The molecule has 0 aromatic carbocycles. The molecule has 1 aromatic rings. The lowest BCUT2D eigenvalue weighted by Crippen LogP contribution is -2.21. The third kappa shape index (κ3) is 4.70. The number of ether oxygens (including phenoxy) is 1. The lowest BCUT2D eigenvalue weighted by Gasteiger charge is -2.15. The van der Waals surface area contributed by atoms with Crippen molar-refractivity contribution in [3.8, 4) is 0 Å². The van der Waals surface area contributed by atoms with Crippen LogP contribution in [0, 0.1) is 6.92 Å². The first kappa shape index (κ1) is 15.1. The zero-order valence-corrected chi connectivity index (χ0v) is 12.0. The summed E-state index contributed by atoms with van der Waals surface area (Å²) in [5, 5.41) is 3.45. The second-order valence-corrected chi connectivity index (χ2v) is 4.56. The Labute approximate surface area is 110 Å². The summed E-state index contributed by atoms with van der Waals surface area (Å²) in [6.45, 7) is 10.7. The molecule has 0 amide bonds. The molecule has 4 nitrogen and oxygen atoms in total. The summed E-state index contributed by atoms with van der Waals surface area (Å²) in [6, 6.07) is 0.301. The number of aromatic nitrogens is 2. The fourth-order valence-corrected chi connectivity index (χ4v) is 1.80. The molecule has 0 spiro atoms. The van der Waals surface area contributed by atoms with Gasteiger partial charge in [-0.3, -0.25) is 0 Å². The van der Waals surface area contributed by atoms with E-state index in [4.69, 9.17) is 4.74 Å². The molecule has 0 fully saturated rings. The lowest BCUT2D eigenvalue weighted by atomic mass is 10.1. The first-order valence-corrected chi connectivity index (χ1v) is 6.82. The van der Waals surface area contributed by atoms with Gasteiger partial charge in [-0.1, -0.05) is 13.8 Å². The molecule has 1 rings (SSSR count). The van der Waals surface area contributed by atoms with E-state index < -0.39 is 0 Å². The minimum atomic E-state index is 0.301. The van der Waals surface area contributed by atoms with Crippen molar-refractivity contribution in [1.29, 1.82) is 0 Å². The van der Waals surface area contributed by atoms with Crippen molar-refractivity contribution >= 4 is 0 Å². The van der Waals surface area contributed by atoms with Gasteiger partial charge in [0.2, 0.25) is 0 Å². The van der Waals surface area contributed by atoms with E-state index in [-0.39, 0.29) is 0 Å². The van der Waals surface area contributed by atoms with Crippen LogP contribution in [-0.4, -0.2) is 23.1 Å². The van der Waals surface area contributed by atoms with Crippen molar-refractivity contribution in [2.45, 2.75) is 53.2 Å². The Morgan fingerprint density at radius 1 is 1.33 bits per heavy atom. The van der Waals surface area contributed by atoms with Crippen molar-refractivity contribution in [2.75, 3.05) is 13.2 Å². The highest BCUT2D eigenvalue weighted by Crippen LogP contribution is 2.14. The van der Waals surface area contributed by atoms with Crippen LogP contribution in [0.25, 0.3) is 0 Å². The molecule has 0 aliphatic heterocycles. The zero-order valence-electron chi connectivity index (χ0n) is 12.0. The third-order valence-corrected chi connectivity index (χ3v) is 2.81. The summed E-state index contributed by atoms with van der Waals surface area (Å²) in [7, 11) is 0. The molecule has 0 radical (unpaired) electrons. The Bertz CT molecular complexity index is 355. The summed E-state index contributed by atoms with van der Waals surface area (Å²) < 4.78 is 5.45. The SMILES string of the molecule is CCCNC(C)c1cnc(COCCC)nc1C. The van der Waals surface area contributed by atoms with Gasteiger partial charge in [0.05, 0.1) is 0 Å². The number of nitrogens with one attached hydrogen (secondary N) is 1. The standard InChI is InChI=1S/C14H25N3O/c1-5-7-15-11(3)13-9-16-14(17-12(13)4)10-18-8-6-2/h9,11,15H,5-8,10H2,1-4H3. The van der Waals surface area contributed by atoms with Gasteiger partial charge in [-0.15, -0.1) is 0 Å². The van der Waals surface area contributed by atoms with Gasteiger partial charge in [0.25, 0.3) is 0 Å². The first-order valence-electron chi connectivity index (χ1n) is 6.82. The van der Waals surface area contributed by atoms with Crippen LogP contribution in [0.2, 0.25) is 0 Å². The molecule has 1 unspecified atom stereocenters. The normalized spacial score (nSPS) is 12.7. The number of aryl methyl sites for hydroxylation is 1. The molecule has 1 aromatic heterocycles. The minimum absolute atomic E-state index is 0.301. The van der Waals surface area contributed by atoms with Gasteiger partial charge in [0, 0.05) is 30.1 Å². The van der Waals surface area contributed by atoms with Crippen LogP contribution >= 0.6 is 0 Å². The Morgan fingerprint density at radius 2 is 2.11 bits per heavy atom. The largest absolute Gasteiger partial charge is 0.373 e. The molecule has 0 saturated heterocycles.